The van der Waals surface area contributed by atoms with Crippen LogP contribution in [0.5, 0.6) is 11.6 Å². The minimum absolute atomic E-state index is 0.147. The van der Waals surface area contributed by atoms with Gasteiger partial charge >= 0.3 is 11.6 Å². The zero-order chi connectivity index (χ0) is 14.5. The SMILES string of the molecule is N#CCc1ccc(Oc2nc(Cl)ncc2[N+](=O)[O-])cc1. The van der Waals surface area contributed by atoms with Crippen LogP contribution in [0, 0.1) is 21.4 Å². The number of hydrogen-bond acceptors (Lipinski definition) is 6. The molecule has 0 bridgehead atoms. The molecule has 1 heterocycles. The monoisotopic (exact) mass is 290 g/mol. The van der Waals surface area contributed by atoms with Crippen LogP contribution in [-0.2, 0) is 6.42 Å². The van der Waals surface area contributed by atoms with Crippen molar-refractivity contribution in [2.75, 3.05) is 0 Å². The van der Waals surface area contributed by atoms with Crippen LogP contribution in [0.15, 0.2) is 30.5 Å². The summed E-state index contributed by atoms with van der Waals surface area (Å²) in [5.74, 6) is 0.118. The van der Waals surface area contributed by atoms with E-state index in [4.69, 9.17) is 21.6 Å². The molecule has 2 aromatic rings. The van der Waals surface area contributed by atoms with Crippen LogP contribution >= 0.6 is 11.6 Å². The lowest BCUT2D eigenvalue weighted by Gasteiger charge is -2.05. The van der Waals surface area contributed by atoms with Crippen molar-refractivity contribution in [3.63, 3.8) is 0 Å². The normalized spacial score (nSPS) is 9.80. The third kappa shape index (κ3) is 3.18. The average Bonchev–Trinajstić information content (AvgIpc) is 2.41. The number of nitrogens with zero attached hydrogens (tertiary/aromatic N) is 4. The third-order valence-corrected chi connectivity index (χ3v) is 2.51. The first-order valence-corrected chi connectivity index (χ1v) is 5.78. The van der Waals surface area contributed by atoms with Gasteiger partial charge in [-0.1, -0.05) is 12.1 Å². The van der Waals surface area contributed by atoms with E-state index in [0.29, 0.717) is 5.75 Å². The maximum Gasteiger partial charge on any atom is 0.349 e. The van der Waals surface area contributed by atoms with Gasteiger partial charge in [-0.25, -0.2) is 4.98 Å². The number of benzene rings is 1. The van der Waals surface area contributed by atoms with E-state index in [0.717, 1.165) is 11.8 Å². The van der Waals surface area contributed by atoms with E-state index in [-0.39, 0.29) is 23.3 Å². The second-order valence-corrected chi connectivity index (χ2v) is 4.01. The van der Waals surface area contributed by atoms with Crippen molar-refractivity contribution in [2.24, 2.45) is 0 Å². The van der Waals surface area contributed by atoms with E-state index in [1.807, 2.05) is 6.07 Å². The van der Waals surface area contributed by atoms with E-state index in [1.54, 1.807) is 24.3 Å². The number of hydrogen-bond donors (Lipinski definition) is 0. The molecule has 0 atom stereocenters. The third-order valence-electron chi connectivity index (χ3n) is 2.32. The Kier molecular flexibility index (Phi) is 4.08. The van der Waals surface area contributed by atoms with Crippen LogP contribution in [0.1, 0.15) is 5.56 Å². The first-order chi connectivity index (χ1) is 9.60. The quantitative estimate of drug-likeness (QED) is 0.487. The molecule has 0 spiro atoms. The fraction of sp³-hybridized carbons (Fsp3) is 0.0833. The highest BCUT2D eigenvalue weighted by atomic mass is 35.5. The molecule has 0 unspecified atom stereocenters. The Hall–Kier alpha value is -2.72. The van der Waals surface area contributed by atoms with Crippen LogP contribution in [0.25, 0.3) is 0 Å². The molecule has 20 heavy (non-hydrogen) atoms. The summed E-state index contributed by atoms with van der Waals surface area (Å²) >= 11 is 5.59. The maximum atomic E-state index is 10.8. The van der Waals surface area contributed by atoms with Crippen molar-refractivity contribution in [3.8, 4) is 17.7 Å². The summed E-state index contributed by atoms with van der Waals surface area (Å²) in [5.41, 5.74) is 0.436. The van der Waals surface area contributed by atoms with E-state index >= 15 is 0 Å². The van der Waals surface area contributed by atoms with Crippen molar-refractivity contribution in [3.05, 3.63) is 51.4 Å². The molecule has 7 nitrogen and oxygen atoms in total. The Labute approximate surface area is 118 Å². The Morgan fingerprint density at radius 2 is 2.10 bits per heavy atom. The van der Waals surface area contributed by atoms with Gasteiger partial charge in [-0.15, -0.1) is 0 Å². The van der Waals surface area contributed by atoms with Gasteiger partial charge in [0.2, 0.25) is 5.28 Å². The predicted octanol–water partition coefficient (Wildman–Crippen LogP) is 2.90. The van der Waals surface area contributed by atoms with Gasteiger partial charge in [-0.2, -0.15) is 10.2 Å². The van der Waals surface area contributed by atoms with Gasteiger partial charge in [0.1, 0.15) is 11.9 Å². The Bertz CT molecular complexity index is 682. The van der Waals surface area contributed by atoms with Gasteiger partial charge in [0.25, 0.3) is 0 Å². The predicted molar refractivity (Wildman–Crippen MR) is 69.5 cm³/mol. The van der Waals surface area contributed by atoms with E-state index in [1.165, 1.54) is 0 Å². The molecule has 0 aliphatic rings. The molecule has 0 amide bonds. The first-order valence-electron chi connectivity index (χ1n) is 5.41. The summed E-state index contributed by atoms with van der Waals surface area (Å²) in [4.78, 5) is 17.4. The summed E-state index contributed by atoms with van der Waals surface area (Å²) in [7, 11) is 0. The van der Waals surface area contributed by atoms with Crippen LogP contribution in [0.3, 0.4) is 0 Å². The molecule has 0 fully saturated rings. The maximum absolute atomic E-state index is 10.8. The number of nitro groups is 1. The molecular weight excluding hydrogens is 284 g/mol. The van der Waals surface area contributed by atoms with Crippen molar-refractivity contribution in [2.45, 2.75) is 6.42 Å². The summed E-state index contributed by atoms with van der Waals surface area (Å²) in [5, 5.41) is 19.2. The highest BCUT2D eigenvalue weighted by Gasteiger charge is 2.19. The van der Waals surface area contributed by atoms with Gasteiger partial charge in [-0.3, -0.25) is 10.1 Å². The van der Waals surface area contributed by atoms with Crippen LogP contribution < -0.4 is 4.74 Å². The van der Waals surface area contributed by atoms with E-state index in [2.05, 4.69) is 9.97 Å². The lowest BCUT2D eigenvalue weighted by atomic mass is 10.2. The Balaban J connectivity index is 2.27. The van der Waals surface area contributed by atoms with Gasteiger partial charge < -0.3 is 4.74 Å². The van der Waals surface area contributed by atoms with Gasteiger partial charge in [0.05, 0.1) is 17.4 Å². The molecular formula is C12H7ClN4O3. The standard InChI is InChI=1S/C12H7ClN4O3/c13-12-15-7-10(17(18)19)11(16-12)20-9-3-1-8(2-4-9)5-6-14/h1-4,7H,5H2. The van der Waals surface area contributed by atoms with Gasteiger partial charge in [0.15, 0.2) is 0 Å². The number of aromatic nitrogens is 2. The minimum atomic E-state index is -0.657. The van der Waals surface area contributed by atoms with Crippen molar-refractivity contribution in [1.82, 2.24) is 9.97 Å². The Morgan fingerprint density at radius 1 is 1.40 bits per heavy atom. The average molecular weight is 291 g/mol. The molecule has 0 aliphatic heterocycles. The fourth-order valence-corrected chi connectivity index (χ4v) is 1.54. The number of nitriles is 1. The molecule has 1 aromatic carbocycles. The molecule has 0 aliphatic carbocycles. The molecule has 0 N–H and O–H groups in total. The van der Waals surface area contributed by atoms with Crippen molar-refractivity contribution in [1.29, 1.82) is 5.26 Å². The molecule has 2 rings (SSSR count). The fourth-order valence-electron chi connectivity index (χ4n) is 1.42. The van der Waals surface area contributed by atoms with Crippen LogP contribution in [0.2, 0.25) is 5.28 Å². The van der Waals surface area contributed by atoms with Crippen LogP contribution in [-0.4, -0.2) is 14.9 Å². The summed E-state index contributed by atoms with van der Waals surface area (Å²) < 4.78 is 5.32. The Morgan fingerprint density at radius 3 is 2.70 bits per heavy atom. The first kappa shape index (κ1) is 13.7. The minimum Gasteiger partial charge on any atom is -0.434 e. The van der Waals surface area contributed by atoms with Gasteiger partial charge in [0, 0.05) is 0 Å². The smallest absolute Gasteiger partial charge is 0.349 e. The zero-order valence-electron chi connectivity index (χ0n) is 9.99. The summed E-state index contributed by atoms with van der Waals surface area (Å²) in [6.45, 7) is 0. The van der Waals surface area contributed by atoms with E-state index < -0.39 is 4.92 Å². The van der Waals surface area contributed by atoms with Crippen molar-refractivity contribution < 1.29 is 9.66 Å². The largest absolute Gasteiger partial charge is 0.434 e. The zero-order valence-corrected chi connectivity index (χ0v) is 10.7. The highest BCUT2D eigenvalue weighted by Crippen LogP contribution is 2.29. The second kappa shape index (κ2) is 5.95. The molecule has 8 heteroatoms. The van der Waals surface area contributed by atoms with Gasteiger partial charge in [-0.05, 0) is 29.3 Å². The lowest BCUT2D eigenvalue weighted by molar-refractivity contribution is -0.386. The topological polar surface area (TPSA) is 102 Å². The molecule has 0 radical (unpaired) electrons. The second-order valence-electron chi connectivity index (χ2n) is 3.67. The molecule has 1 aromatic heterocycles. The number of rotatable bonds is 4. The van der Waals surface area contributed by atoms with Crippen molar-refractivity contribution >= 4 is 17.3 Å². The van der Waals surface area contributed by atoms with E-state index in [9.17, 15) is 10.1 Å². The molecule has 0 saturated carbocycles. The molecule has 100 valence electrons. The molecule has 0 saturated heterocycles. The lowest BCUT2D eigenvalue weighted by Crippen LogP contribution is -1.98. The highest BCUT2D eigenvalue weighted by molar-refractivity contribution is 6.28. The van der Waals surface area contributed by atoms with Crippen LogP contribution in [0.4, 0.5) is 5.69 Å². The summed E-state index contributed by atoms with van der Waals surface area (Å²) in [6.07, 6.45) is 1.26. The summed E-state index contributed by atoms with van der Waals surface area (Å²) in [6, 6.07) is 8.57. The number of ether oxygens (including phenoxy) is 1. The number of halogens is 1.